The molecule has 0 aliphatic carbocycles. The molecular formula is C12H22N4O2. The Morgan fingerprint density at radius 2 is 1.89 bits per heavy atom. The number of hydrogen-bond acceptors (Lipinski definition) is 6. The number of aryl methyl sites for hydroxylation is 1. The number of rotatable bonds is 6. The maximum atomic E-state index is 5.40. The largest absolute Gasteiger partial charge is 0.424 e. The zero-order chi connectivity index (χ0) is 12.8. The van der Waals surface area contributed by atoms with Crippen molar-refractivity contribution in [2.75, 3.05) is 45.9 Å². The van der Waals surface area contributed by atoms with Crippen LogP contribution in [0.5, 0.6) is 0 Å². The van der Waals surface area contributed by atoms with Gasteiger partial charge in [-0.15, -0.1) is 10.2 Å². The number of nitrogens with zero attached hydrogens (tertiary/aromatic N) is 4. The van der Waals surface area contributed by atoms with Crippen molar-refractivity contribution in [3.8, 4) is 0 Å². The summed E-state index contributed by atoms with van der Waals surface area (Å²) >= 11 is 0. The summed E-state index contributed by atoms with van der Waals surface area (Å²) in [7, 11) is 0. The van der Waals surface area contributed by atoms with E-state index in [0.29, 0.717) is 5.89 Å². The molecule has 1 aromatic heterocycles. The van der Waals surface area contributed by atoms with Gasteiger partial charge in [-0.25, -0.2) is 0 Å². The number of piperazine rings is 1. The zero-order valence-electron chi connectivity index (χ0n) is 11.3. The van der Waals surface area contributed by atoms with E-state index in [9.17, 15) is 0 Å². The van der Waals surface area contributed by atoms with Crippen molar-refractivity contribution >= 4 is 0 Å². The summed E-state index contributed by atoms with van der Waals surface area (Å²) in [5.41, 5.74) is 0. The third kappa shape index (κ3) is 4.04. The van der Waals surface area contributed by atoms with Crippen LogP contribution in [-0.4, -0.2) is 65.9 Å². The molecule has 18 heavy (non-hydrogen) atoms. The van der Waals surface area contributed by atoms with Gasteiger partial charge in [-0.05, 0) is 6.92 Å². The molecule has 2 rings (SSSR count). The van der Waals surface area contributed by atoms with Crippen LogP contribution in [0, 0.1) is 6.92 Å². The van der Waals surface area contributed by atoms with Crippen LogP contribution in [0.4, 0.5) is 0 Å². The Morgan fingerprint density at radius 3 is 2.50 bits per heavy atom. The van der Waals surface area contributed by atoms with E-state index in [4.69, 9.17) is 9.15 Å². The van der Waals surface area contributed by atoms with Gasteiger partial charge in [-0.2, -0.15) is 0 Å². The molecule has 102 valence electrons. The Hall–Kier alpha value is -0.980. The van der Waals surface area contributed by atoms with Gasteiger partial charge in [0.1, 0.15) is 0 Å². The van der Waals surface area contributed by atoms with E-state index >= 15 is 0 Å². The van der Waals surface area contributed by atoms with E-state index in [1.54, 1.807) is 0 Å². The highest BCUT2D eigenvalue weighted by atomic mass is 16.5. The van der Waals surface area contributed by atoms with E-state index in [0.717, 1.165) is 58.4 Å². The van der Waals surface area contributed by atoms with Crippen molar-refractivity contribution in [3.63, 3.8) is 0 Å². The quantitative estimate of drug-likeness (QED) is 0.690. The van der Waals surface area contributed by atoms with E-state index in [2.05, 4.69) is 20.0 Å². The predicted octanol–water partition coefficient (Wildman–Crippen LogP) is 0.532. The maximum Gasteiger partial charge on any atom is 0.230 e. The minimum absolute atomic E-state index is 0.639. The number of aromatic nitrogens is 2. The molecule has 2 heterocycles. The van der Waals surface area contributed by atoms with Crippen LogP contribution in [0.3, 0.4) is 0 Å². The highest BCUT2D eigenvalue weighted by Gasteiger charge is 2.18. The molecule has 1 fully saturated rings. The molecule has 0 radical (unpaired) electrons. The molecule has 1 aliphatic heterocycles. The Balaban J connectivity index is 1.67. The summed E-state index contributed by atoms with van der Waals surface area (Å²) in [6.45, 7) is 11.5. The monoisotopic (exact) mass is 254 g/mol. The molecule has 0 amide bonds. The summed E-state index contributed by atoms with van der Waals surface area (Å²) in [4.78, 5) is 4.79. The molecule has 0 spiro atoms. The van der Waals surface area contributed by atoms with Crippen molar-refractivity contribution in [1.82, 2.24) is 20.0 Å². The number of ether oxygens (including phenoxy) is 1. The topological polar surface area (TPSA) is 54.6 Å². The lowest BCUT2D eigenvalue weighted by Gasteiger charge is -2.33. The van der Waals surface area contributed by atoms with Crippen LogP contribution >= 0.6 is 0 Å². The molecular weight excluding hydrogens is 232 g/mol. The molecule has 0 N–H and O–H groups in total. The second-order valence-corrected chi connectivity index (χ2v) is 4.53. The number of hydrogen-bond donors (Lipinski definition) is 0. The van der Waals surface area contributed by atoms with Gasteiger partial charge in [0.05, 0.1) is 13.2 Å². The second-order valence-electron chi connectivity index (χ2n) is 4.53. The lowest BCUT2D eigenvalue weighted by Crippen LogP contribution is -2.46. The minimum Gasteiger partial charge on any atom is -0.424 e. The summed E-state index contributed by atoms with van der Waals surface area (Å²) in [5, 5.41) is 7.87. The molecule has 0 bridgehead atoms. The first-order valence-electron chi connectivity index (χ1n) is 6.59. The van der Waals surface area contributed by atoms with Crippen LogP contribution in [0.2, 0.25) is 0 Å². The van der Waals surface area contributed by atoms with Crippen molar-refractivity contribution in [2.45, 2.75) is 20.4 Å². The smallest absolute Gasteiger partial charge is 0.230 e. The standard InChI is InChI=1S/C12H22N4O2/c1-3-17-9-8-15-4-6-16(7-5-15)10-12-14-13-11(2)18-12/h3-10H2,1-2H3. The van der Waals surface area contributed by atoms with Gasteiger partial charge in [0.2, 0.25) is 11.8 Å². The van der Waals surface area contributed by atoms with Gasteiger partial charge in [0.25, 0.3) is 0 Å². The fraction of sp³-hybridized carbons (Fsp3) is 0.833. The van der Waals surface area contributed by atoms with Crippen LogP contribution < -0.4 is 0 Å². The predicted molar refractivity (Wildman–Crippen MR) is 67.2 cm³/mol. The van der Waals surface area contributed by atoms with Crippen molar-refractivity contribution in [2.24, 2.45) is 0 Å². The van der Waals surface area contributed by atoms with Gasteiger partial charge in [0.15, 0.2) is 0 Å². The second kappa shape index (κ2) is 6.82. The molecule has 1 aromatic rings. The molecule has 6 heteroatoms. The molecule has 1 saturated heterocycles. The minimum atomic E-state index is 0.639. The molecule has 6 nitrogen and oxygen atoms in total. The van der Waals surface area contributed by atoms with Crippen molar-refractivity contribution in [1.29, 1.82) is 0 Å². The first-order chi connectivity index (χ1) is 8.78. The lowest BCUT2D eigenvalue weighted by atomic mass is 10.3. The lowest BCUT2D eigenvalue weighted by molar-refractivity contribution is 0.0756. The maximum absolute atomic E-state index is 5.40. The first-order valence-corrected chi connectivity index (χ1v) is 6.59. The van der Waals surface area contributed by atoms with Crippen LogP contribution in [0.25, 0.3) is 0 Å². The Morgan fingerprint density at radius 1 is 1.17 bits per heavy atom. The molecule has 0 saturated carbocycles. The first kappa shape index (κ1) is 13.5. The Bertz CT molecular complexity index is 348. The molecule has 0 unspecified atom stereocenters. The van der Waals surface area contributed by atoms with Gasteiger partial charge in [0, 0.05) is 46.3 Å². The summed E-state index contributed by atoms with van der Waals surface area (Å²) in [6, 6.07) is 0. The Kier molecular flexibility index (Phi) is 5.10. The van der Waals surface area contributed by atoms with Crippen molar-refractivity contribution < 1.29 is 9.15 Å². The van der Waals surface area contributed by atoms with Crippen LogP contribution in [-0.2, 0) is 11.3 Å². The molecule has 0 aromatic carbocycles. The average Bonchev–Trinajstić information content (AvgIpc) is 2.77. The highest BCUT2D eigenvalue weighted by Crippen LogP contribution is 2.07. The van der Waals surface area contributed by atoms with Crippen LogP contribution in [0.15, 0.2) is 4.42 Å². The molecule has 0 atom stereocenters. The normalized spacial score (nSPS) is 18.3. The highest BCUT2D eigenvalue weighted by molar-refractivity contribution is 4.81. The SMILES string of the molecule is CCOCCN1CCN(Cc2nnc(C)o2)CC1. The fourth-order valence-electron chi connectivity index (χ4n) is 2.10. The molecule has 1 aliphatic rings. The van der Waals surface area contributed by atoms with Gasteiger partial charge >= 0.3 is 0 Å². The average molecular weight is 254 g/mol. The zero-order valence-corrected chi connectivity index (χ0v) is 11.3. The fourth-order valence-corrected chi connectivity index (χ4v) is 2.10. The third-order valence-corrected chi connectivity index (χ3v) is 3.15. The van der Waals surface area contributed by atoms with Gasteiger partial charge in [-0.1, -0.05) is 0 Å². The van der Waals surface area contributed by atoms with E-state index < -0.39 is 0 Å². The van der Waals surface area contributed by atoms with E-state index in [1.807, 2.05) is 13.8 Å². The van der Waals surface area contributed by atoms with Gasteiger partial charge < -0.3 is 9.15 Å². The van der Waals surface area contributed by atoms with Gasteiger partial charge in [-0.3, -0.25) is 9.80 Å². The summed E-state index contributed by atoms with van der Waals surface area (Å²) in [6.07, 6.45) is 0. The summed E-state index contributed by atoms with van der Waals surface area (Å²) in [5.74, 6) is 1.36. The summed E-state index contributed by atoms with van der Waals surface area (Å²) < 4.78 is 10.8. The van der Waals surface area contributed by atoms with E-state index in [1.165, 1.54) is 0 Å². The van der Waals surface area contributed by atoms with Crippen LogP contribution in [0.1, 0.15) is 18.7 Å². The van der Waals surface area contributed by atoms with E-state index in [-0.39, 0.29) is 0 Å². The van der Waals surface area contributed by atoms with Crippen molar-refractivity contribution in [3.05, 3.63) is 11.8 Å². The Labute approximate surface area is 108 Å². The third-order valence-electron chi connectivity index (χ3n) is 3.15.